The van der Waals surface area contributed by atoms with E-state index in [-0.39, 0.29) is 12.4 Å². The molecule has 0 bridgehead atoms. The third-order valence-electron chi connectivity index (χ3n) is 3.13. The first-order chi connectivity index (χ1) is 9.29. The van der Waals surface area contributed by atoms with E-state index in [1.807, 2.05) is 35.7 Å². The molecule has 0 saturated heterocycles. The van der Waals surface area contributed by atoms with E-state index in [0.29, 0.717) is 0 Å². The Kier molecular flexibility index (Phi) is 3.09. The average molecular weight is 271 g/mol. The van der Waals surface area contributed by atoms with Crippen LogP contribution in [-0.2, 0) is 16.0 Å². The molecule has 4 heteroatoms. The summed E-state index contributed by atoms with van der Waals surface area (Å²) in [6, 6.07) is 12.1. The Bertz CT molecular complexity index is 713. The first kappa shape index (κ1) is 12.0. The number of aromatic nitrogens is 1. The van der Waals surface area contributed by atoms with E-state index in [4.69, 9.17) is 4.74 Å². The molecule has 3 nitrogen and oxygen atoms in total. The van der Waals surface area contributed by atoms with Crippen LogP contribution in [0.2, 0.25) is 0 Å². The van der Waals surface area contributed by atoms with E-state index in [0.717, 1.165) is 27.0 Å². The fourth-order valence-electron chi connectivity index (χ4n) is 2.23. The molecule has 96 valence electrons. The molecular weight excluding hydrogens is 258 g/mol. The normalized spacial score (nSPS) is 10.8. The lowest BCUT2D eigenvalue weighted by Gasteiger charge is -2.02. The van der Waals surface area contributed by atoms with Gasteiger partial charge in [0, 0.05) is 10.9 Å². The summed E-state index contributed by atoms with van der Waals surface area (Å²) in [5.41, 5.74) is 3.07. The van der Waals surface area contributed by atoms with Gasteiger partial charge in [-0.3, -0.25) is 4.79 Å². The van der Waals surface area contributed by atoms with Crippen LogP contribution in [0, 0.1) is 0 Å². The minimum absolute atomic E-state index is 0.220. The Morgan fingerprint density at radius 2 is 2.11 bits per heavy atom. The van der Waals surface area contributed by atoms with Crippen LogP contribution >= 0.6 is 11.3 Å². The van der Waals surface area contributed by atoms with Gasteiger partial charge >= 0.3 is 5.97 Å². The minimum atomic E-state index is -0.220. The number of para-hydroxylation sites is 1. The fraction of sp³-hybridized carbons (Fsp3) is 0.133. The van der Waals surface area contributed by atoms with Gasteiger partial charge in [0.15, 0.2) is 0 Å². The van der Waals surface area contributed by atoms with Crippen LogP contribution in [-0.4, -0.2) is 18.1 Å². The molecule has 1 N–H and O–H groups in total. The van der Waals surface area contributed by atoms with E-state index in [2.05, 4.69) is 11.1 Å². The molecular formula is C15H13NO2S. The second-order valence-corrected chi connectivity index (χ2v) is 5.20. The van der Waals surface area contributed by atoms with Crippen molar-refractivity contribution in [3.8, 4) is 10.6 Å². The maximum atomic E-state index is 11.6. The second kappa shape index (κ2) is 4.90. The summed E-state index contributed by atoms with van der Waals surface area (Å²) < 4.78 is 4.80. The van der Waals surface area contributed by atoms with E-state index < -0.39 is 0 Å². The van der Waals surface area contributed by atoms with Gasteiger partial charge in [0.25, 0.3) is 0 Å². The number of carbonyl (C=O) groups excluding carboxylic acids is 1. The van der Waals surface area contributed by atoms with Gasteiger partial charge in [-0.2, -0.15) is 0 Å². The van der Waals surface area contributed by atoms with Crippen LogP contribution in [0.25, 0.3) is 21.5 Å². The van der Waals surface area contributed by atoms with Crippen molar-refractivity contribution in [1.29, 1.82) is 0 Å². The van der Waals surface area contributed by atoms with Gasteiger partial charge in [0.1, 0.15) is 0 Å². The van der Waals surface area contributed by atoms with E-state index in [1.54, 1.807) is 11.3 Å². The van der Waals surface area contributed by atoms with Gasteiger partial charge in [-0.25, -0.2) is 0 Å². The van der Waals surface area contributed by atoms with Crippen molar-refractivity contribution in [1.82, 2.24) is 4.98 Å². The van der Waals surface area contributed by atoms with Crippen LogP contribution in [0.3, 0.4) is 0 Å². The number of aromatic amines is 1. The Morgan fingerprint density at radius 1 is 1.26 bits per heavy atom. The molecule has 2 aromatic heterocycles. The molecule has 3 aromatic rings. The Morgan fingerprint density at radius 3 is 2.84 bits per heavy atom. The van der Waals surface area contributed by atoms with Crippen LogP contribution < -0.4 is 0 Å². The number of nitrogens with one attached hydrogen (secondary N) is 1. The summed E-state index contributed by atoms with van der Waals surface area (Å²) in [5.74, 6) is -0.220. The van der Waals surface area contributed by atoms with Crippen LogP contribution in [0.4, 0.5) is 0 Å². The van der Waals surface area contributed by atoms with Crippen molar-refractivity contribution in [3.05, 3.63) is 47.3 Å². The van der Waals surface area contributed by atoms with Crippen molar-refractivity contribution < 1.29 is 9.53 Å². The third kappa shape index (κ3) is 2.15. The predicted octanol–water partition coefficient (Wildman–Crippen LogP) is 3.61. The lowest BCUT2D eigenvalue weighted by atomic mass is 10.1. The molecule has 0 amide bonds. The number of ether oxygens (including phenoxy) is 1. The summed E-state index contributed by atoms with van der Waals surface area (Å²) in [4.78, 5) is 16.1. The molecule has 0 atom stereocenters. The fourth-order valence-corrected chi connectivity index (χ4v) is 2.98. The van der Waals surface area contributed by atoms with Crippen LogP contribution in [0.1, 0.15) is 5.56 Å². The minimum Gasteiger partial charge on any atom is -0.469 e. The predicted molar refractivity (Wildman–Crippen MR) is 77.3 cm³/mol. The molecule has 0 spiro atoms. The number of hydrogen-bond donors (Lipinski definition) is 1. The number of benzene rings is 1. The number of hydrogen-bond acceptors (Lipinski definition) is 3. The van der Waals surface area contributed by atoms with Crippen molar-refractivity contribution in [2.75, 3.05) is 7.11 Å². The van der Waals surface area contributed by atoms with Crippen molar-refractivity contribution in [2.24, 2.45) is 0 Å². The molecule has 0 saturated carbocycles. The van der Waals surface area contributed by atoms with Crippen LogP contribution in [0.15, 0.2) is 41.8 Å². The number of rotatable bonds is 3. The van der Waals surface area contributed by atoms with Gasteiger partial charge in [0.2, 0.25) is 0 Å². The molecule has 3 rings (SSSR count). The Balaban J connectivity index is 2.19. The summed E-state index contributed by atoms with van der Waals surface area (Å²) >= 11 is 1.66. The molecule has 0 aliphatic rings. The van der Waals surface area contributed by atoms with E-state index >= 15 is 0 Å². The quantitative estimate of drug-likeness (QED) is 0.739. The van der Waals surface area contributed by atoms with E-state index in [9.17, 15) is 4.79 Å². The lowest BCUT2D eigenvalue weighted by molar-refractivity contribution is -0.139. The number of esters is 1. The maximum absolute atomic E-state index is 11.6. The number of thiophene rings is 1. The number of methoxy groups -OCH3 is 1. The highest BCUT2D eigenvalue weighted by molar-refractivity contribution is 7.13. The molecule has 0 radical (unpaired) electrons. The first-order valence-electron chi connectivity index (χ1n) is 6.00. The monoisotopic (exact) mass is 271 g/mol. The summed E-state index contributed by atoms with van der Waals surface area (Å²) in [6.07, 6.45) is 0.285. The molecule has 19 heavy (non-hydrogen) atoms. The van der Waals surface area contributed by atoms with Crippen LogP contribution in [0.5, 0.6) is 0 Å². The highest BCUT2D eigenvalue weighted by Gasteiger charge is 2.16. The highest BCUT2D eigenvalue weighted by atomic mass is 32.1. The SMILES string of the molecule is COC(=O)Cc1c(-c2cccs2)[nH]c2ccccc12. The molecule has 2 heterocycles. The average Bonchev–Trinajstić information content (AvgIpc) is 3.06. The van der Waals surface area contributed by atoms with E-state index in [1.165, 1.54) is 7.11 Å². The van der Waals surface area contributed by atoms with Gasteiger partial charge in [-0.15, -0.1) is 11.3 Å². The van der Waals surface area contributed by atoms with Gasteiger partial charge in [-0.1, -0.05) is 24.3 Å². The van der Waals surface area contributed by atoms with Gasteiger partial charge < -0.3 is 9.72 Å². The Labute approximate surface area is 114 Å². The van der Waals surface area contributed by atoms with Gasteiger partial charge in [0.05, 0.1) is 24.1 Å². The van der Waals surface area contributed by atoms with Crippen molar-refractivity contribution >= 4 is 28.2 Å². The largest absolute Gasteiger partial charge is 0.469 e. The summed E-state index contributed by atoms with van der Waals surface area (Å²) in [6.45, 7) is 0. The summed E-state index contributed by atoms with van der Waals surface area (Å²) in [7, 11) is 1.42. The molecule has 0 aliphatic heterocycles. The standard InChI is InChI=1S/C15H13NO2S/c1-18-14(17)9-11-10-5-2-3-6-12(10)16-15(11)13-7-4-8-19-13/h2-8,16H,9H2,1H3. The number of fused-ring (bicyclic) bond motifs is 1. The zero-order valence-corrected chi connectivity index (χ0v) is 11.3. The Hall–Kier alpha value is -2.07. The third-order valence-corrected chi connectivity index (χ3v) is 4.02. The van der Waals surface area contributed by atoms with Crippen molar-refractivity contribution in [2.45, 2.75) is 6.42 Å². The highest BCUT2D eigenvalue weighted by Crippen LogP contribution is 2.33. The zero-order valence-electron chi connectivity index (χ0n) is 10.5. The smallest absolute Gasteiger partial charge is 0.310 e. The molecule has 0 unspecified atom stereocenters. The molecule has 0 fully saturated rings. The number of carbonyl (C=O) groups is 1. The number of H-pyrrole nitrogens is 1. The molecule has 0 aliphatic carbocycles. The lowest BCUT2D eigenvalue weighted by Crippen LogP contribution is -2.04. The summed E-state index contributed by atoms with van der Waals surface area (Å²) in [5, 5.41) is 3.11. The van der Waals surface area contributed by atoms with Crippen molar-refractivity contribution in [3.63, 3.8) is 0 Å². The second-order valence-electron chi connectivity index (χ2n) is 4.25. The first-order valence-corrected chi connectivity index (χ1v) is 6.88. The zero-order chi connectivity index (χ0) is 13.2. The molecule has 1 aromatic carbocycles. The topological polar surface area (TPSA) is 42.1 Å². The van der Waals surface area contributed by atoms with Gasteiger partial charge in [-0.05, 0) is 23.1 Å². The maximum Gasteiger partial charge on any atom is 0.310 e.